The number of thioether (sulfide) groups is 1. The molecule has 3 rings (SSSR count). The van der Waals surface area contributed by atoms with Crippen molar-refractivity contribution in [2.24, 2.45) is 0 Å². The molecule has 6 nitrogen and oxygen atoms in total. The zero-order valence-electron chi connectivity index (χ0n) is 14.7. The van der Waals surface area contributed by atoms with E-state index in [1.54, 1.807) is 4.57 Å². The van der Waals surface area contributed by atoms with Crippen LogP contribution >= 0.6 is 11.8 Å². The van der Waals surface area contributed by atoms with Crippen molar-refractivity contribution in [2.75, 3.05) is 5.32 Å². The van der Waals surface area contributed by atoms with Crippen molar-refractivity contribution in [1.29, 1.82) is 0 Å². The molecule has 1 aromatic carbocycles. The van der Waals surface area contributed by atoms with Crippen LogP contribution in [0.1, 0.15) is 44.2 Å². The summed E-state index contributed by atoms with van der Waals surface area (Å²) >= 11 is 1.30. The van der Waals surface area contributed by atoms with Crippen LogP contribution in [0.15, 0.2) is 28.2 Å². The van der Waals surface area contributed by atoms with Crippen LogP contribution in [0.5, 0.6) is 0 Å². The van der Waals surface area contributed by atoms with E-state index in [1.165, 1.54) is 29.3 Å². The van der Waals surface area contributed by atoms with E-state index in [9.17, 15) is 9.59 Å². The fourth-order valence-electron chi connectivity index (χ4n) is 3.01. The van der Waals surface area contributed by atoms with Crippen LogP contribution in [-0.2, 0) is 24.2 Å². The third-order valence-corrected chi connectivity index (χ3v) is 5.57. The van der Waals surface area contributed by atoms with Gasteiger partial charge in [0.05, 0.1) is 5.25 Å². The van der Waals surface area contributed by atoms with E-state index in [2.05, 4.69) is 34.6 Å². The Hall–Kier alpha value is -2.02. The number of rotatable bonds is 7. The maximum Gasteiger partial charge on any atom is 0.343 e. The molecular formula is C18H24N4O2S. The monoisotopic (exact) mass is 360 g/mol. The molecule has 0 bridgehead atoms. The van der Waals surface area contributed by atoms with Crippen LogP contribution in [0.2, 0.25) is 0 Å². The molecule has 1 atom stereocenters. The van der Waals surface area contributed by atoms with Crippen molar-refractivity contribution in [3.05, 3.63) is 39.8 Å². The van der Waals surface area contributed by atoms with Crippen molar-refractivity contribution >= 4 is 23.4 Å². The molecule has 1 amide bonds. The standard InChI is InChI=1S/C18H24N4O2S/c1-3-4-10-22-17(24)20-21-18(22)25-12(2)16(23)19-15-9-8-13-6-5-7-14(13)11-15/h8-9,11-12H,3-7,10H2,1-2H3,(H,19,23)(H,20,24)/t12-/m1/s1. The van der Waals surface area contributed by atoms with Gasteiger partial charge in [-0.25, -0.2) is 9.89 Å². The summed E-state index contributed by atoms with van der Waals surface area (Å²) in [6.45, 7) is 4.52. The molecule has 0 aliphatic heterocycles. The lowest BCUT2D eigenvalue weighted by molar-refractivity contribution is -0.115. The summed E-state index contributed by atoms with van der Waals surface area (Å²) in [6.07, 6.45) is 5.30. The number of fused-ring (bicyclic) bond motifs is 1. The predicted molar refractivity (Wildman–Crippen MR) is 100 cm³/mol. The van der Waals surface area contributed by atoms with Gasteiger partial charge in [0, 0.05) is 12.2 Å². The largest absolute Gasteiger partial charge is 0.343 e. The molecular weight excluding hydrogens is 336 g/mol. The first-order chi connectivity index (χ1) is 12.1. The van der Waals surface area contributed by atoms with Gasteiger partial charge in [-0.2, -0.15) is 0 Å². The lowest BCUT2D eigenvalue weighted by Crippen LogP contribution is -2.24. The van der Waals surface area contributed by atoms with Gasteiger partial charge >= 0.3 is 5.69 Å². The van der Waals surface area contributed by atoms with E-state index < -0.39 is 0 Å². The highest BCUT2D eigenvalue weighted by Gasteiger charge is 2.20. The number of aryl methyl sites for hydroxylation is 2. The molecule has 0 fully saturated rings. The number of hydrogen-bond donors (Lipinski definition) is 2. The van der Waals surface area contributed by atoms with Crippen molar-refractivity contribution in [2.45, 2.75) is 62.9 Å². The second kappa shape index (κ2) is 7.91. The third-order valence-electron chi connectivity index (χ3n) is 4.48. The van der Waals surface area contributed by atoms with E-state index in [0.717, 1.165) is 31.4 Å². The van der Waals surface area contributed by atoms with Crippen LogP contribution < -0.4 is 11.0 Å². The van der Waals surface area contributed by atoms with Crippen LogP contribution in [0.25, 0.3) is 0 Å². The van der Waals surface area contributed by atoms with Gasteiger partial charge in [0.15, 0.2) is 5.16 Å². The molecule has 25 heavy (non-hydrogen) atoms. The second-order valence-electron chi connectivity index (χ2n) is 6.40. The minimum atomic E-state index is -0.344. The Balaban J connectivity index is 1.64. The van der Waals surface area contributed by atoms with Gasteiger partial charge in [0.1, 0.15) is 0 Å². The number of benzene rings is 1. The molecule has 1 aromatic heterocycles. The fraction of sp³-hybridized carbons (Fsp3) is 0.500. The second-order valence-corrected chi connectivity index (χ2v) is 7.71. The maximum atomic E-state index is 12.5. The molecule has 0 saturated carbocycles. The number of carbonyl (C=O) groups is 1. The molecule has 1 heterocycles. The van der Waals surface area contributed by atoms with Crippen molar-refractivity contribution in [3.8, 4) is 0 Å². The number of hydrogen-bond acceptors (Lipinski definition) is 4. The van der Waals surface area contributed by atoms with E-state index >= 15 is 0 Å². The Morgan fingerprint density at radius 3 is 3.00 bits per heavy atom. The van der Waals surface area contributed by atoms with Crippen LogP contribution in [0.3, 0.4) is 0 Å². The third kappa shape index (κ3) is 4.15. The Kier molecular flexibility index (Phi) is 5.63. The molecule has 1 aliphatic rings. The number of H-pyrrole nitrogens is 1. The highest BCUT2D eigenvalue weighted by Crippen LogP contribution is 2.26. The van der Waals surface area contributed by atoms with Crippen molar-refractivity contribution in [3.63, 3.8) is 0 Å². The zero-order valence-corrected chi connectivity index (χ0v) is 15.5. The highest BCUT2D eigenvalue weighted by atomic mass is 32.2. The van der Waals surface area contributed by atoms with Crippen molar-refractivity contribution < 1.29 is 4.79 Å². The normalized spacial score (nSPS) is 14.3. The number of anilines is 1. The Bertz CT molecular complexity index is 812. The summed E-state index contributed by atoms with van der Waals surface area (Å²) in [4.78, 5) is 24.3. The SMILES string of the molecule is CCCCn1c(S[C@H](C)C(=O)Nc2ccc3c(c2)CCC3)n[nH]c1=O. The smallest absolute Gasteiger partial charge is 0.325 e. The average molecular weight is 360 g/mol. The number of unbranched alkanes of at least 4 members (excludes halogenated alkanes) is 1. The molecule has 0 saturated heterocycles. The van der Waals surface area contributed by atoms with Gasteiger partial charge in [-0.15, -0.1) is 5.10 Å². The molecule has 2 N–H and O–H groups in total. The minimum absolute atomic E-state index is 0.0829. The van der Waals surface area contributed by atoms with Crippen LogP contribution in [0.4, 0.5) is 5.69 Å². The number of aromatic nitrogens is 3. The fourth-order valence-corrected chi connectivity index (χ4v) is 3.89. The predicted octanol–water partition coefficient (Wildman–Crippen LogP) is 2.98. The summed E-state index contributed by atoms with van der Waals surface area (Å²) in [7, 11) is 0. The Labute approximate surface area is 151 Å². The number of nitrogens with one attached hydrogen (secondary N) is 2. The summed E-state index contributed by atoms with van der Waals surface area (Å²) in [5.74, 6) is -0.0829. The van der Waals surface area contributed by atoms with Gasteiger partial charge in [0.25, 0.3) is 0 Å². The lowest BCUT2D eigenvalue weighted by Gasteiger charge is -2.13. The van der Waals surface area contributed by atoms with Gasteiger partial charge in [-0.3, -0.25) is 9.36 Å². The van der Waals surface area contributed by atoms with E-state index in [0.29, 0.717) is 11.7 Å². The summed E-state index contributed by atoms with van der Waals surface area (Å²) in [6, 6.07) is 6.14. The molecule has 2 aromatic rings. The highest BCUT2D eigenvalue weighted by molar-refractivity contribution is 8.00. The van der Waals surface area contributed by atoms with Crippen LogP contribution in [0, 0.1) is 0 Å². The molecule has 0 unspecified atom stereocenters. The van der Waals surface area contributed by atoms with E-state index in [-0.39, 0.29) is 16.8 Å². The molecule has 1 aliphatic carbocycles. The molecule has 7 heteroatoms. The van der Waals surface area contributed by atoms with E-state index in [1.807, 2.05) is 13.0 Å². The summed E-state index contributed by atoms with van der Waals surface area (Å²) in [5, 5.41) is 9.72. The number of aromatic amines is 1. The molecule has 0 spiro atoms. The maximum absolute atomic E-state index is 12.5. The van der Waals surface area contributed by atoms with Crippen LogP contribution in [-0.4, -0.2) is 25.9 Å². The Morgan fingerprint density at radius 1 is 1.40 bits per heavy atom. The van der Waals surface area contributed by atoms with Crippen molar-refractivity contribution in [1.82, 2.24) is 14.8 Å². The lowest BCUT2D eigenvalue weighted by atomic mass is 10.1. The topological polar surface area (TPSA) is 79.8 Å². The Morgan fingerprint density at radius 2 is 2.20 bits per heavy atom. The first-order valence-corrected chi connectivity index (χ1v) is 9.71. The summed E-state index contributed by atoms with van der Waals surface area (Å²) in [5.41, 5.74) is 3.33. The first kappa shape index (κ1) is 17.8. The van der Waals surface area contributed by atoms with Gasteiger partial charge in [-0.1, -0.05) is 31.2 Å². The average Bonchev–Trinajstić information content (AvgIpc) is 3.19. The molecule has 134 valence electrons. The zero-order chi connectivity index (χ0) is 17.8. The number of nitrogens with zero attached hydrogens (tertiary/aromatic N) is 2. The summed E-state index contributed by atoms with van der Waals surface area (Å²) < 4.78 is 1.60. The number of amides is 1. The molecule has 0 radical (unpaired) electrons. The van der Waals surface area contributed by atoms with Gasteiger partial charge in [0.2, 0.25) is 5.91 Å². The number of carbonyl (C=O) groups excluding carboxylic acids is 1. The first-order valence-electron chi connectivity index (χ1n) is 8.83. The quantitative estimate of drug-likeness (QED) is 0.744. The van der Waals surface area contributed by atoms with E-state index in [4.69, 9.17) is 0 Å². The minimum Gasteiger partial charge on any atom is -0.325 e. The van der Waals surface area contributed by atoms with Gasteiger partial charge < -0.3 is 5.32 Å². The van der Waals surface area contributed by atoms with Gasteiger partial charge in [-0.05, 0) is 55.9 Å².